The highest BCUT2D eigenvalue weighted by Gasteiger charge is 2.59. The van der Waals surface area contributed by atoms with Crippen molar-refractivity contribution in [1.29, 1.82) is 0 Å². The molecule has 68 heavy (non-hydrogen) atoms. The van der Waals surface area contributed by atoms with Crippen LogP contribution in [0.3, 0.4) is 0 Å². The lowest BCUT2D eigenvalue weighted by atomic mass is 9.60. The van der Waals surface area contributed by atoms with Crippen molar-refractivity contribution in [3.8, 4) is 69.0 Å². The van der Waals surface area contributed by atoms with E-state index in [0.29, 0.717) is 72.7 Å². The van der Waals surface area contributed by atoms with Crippen LogP contribution in [-0.2, 0) is 0 Å². The quantitative estimate of drug-likeness (QED) is 0.0753. The maximum atomic E-state index is 12.8. The molecule has 8 aromatic rings. The van der Waals surface area contributed by atoms with E-state index in [-0.39, 0.29) is 57.5 Å². The van der Waals surface area contributed by atoms with Crippen molar-refractivity contribution in [2.75, 3.05) is 0 Å². The van der Waals surface area contributed by atoms with E-state index in [4.69, 9.17) is 9.47 Å². The Morgan fingerprint density at radius 3 is 1.01 bits per heavy atom. The van der Waals surface area contributed by atoms with Crippen LogP contribution in [0, 0.1) is 0 Å². The average molecular weight is 907 g/mol. The predicted molar refractivity (Wildman–Crippen MR) is 248 cm³/mol. The molecule has 2 aliphatic heterocycles. The van der Waals surface area contributed by atoms with Crippen LogP contribution in [-0.4, -0.2) is 51.1 Å². The van der Waals surface area contributed by atoms with E-state index >= 15 is 0 Å². The summed E-state index contributed by atoms with van der Waals surface area (Å²) in [5.74, 6) is -4.30. The summed E-state index contributed by atoms with van der Waals surface area (Å²) in [5.41, 5.74) is 7.46. The monoisotopic (exact) mass is 906 g/mol. The number of benzene rings is 8. The Hall–Kier alpha value is -8.64. The van der Waals surface area contributed by atoms with E-state index in [1.807, 2.05) is 12.1 Å². The van der Waals surface area contributed by atoms with Crippen molar-refractivity contribution in [2.24, 2.45) is 0 Å². The molecule has 338 valence electrons. The van der Waals surface area contributed by atoms with E-state index < -0.39 is 47.7 Å². The first-order valence-corrected chi connectivity index (χ1v) is 22.2. The van der Waals surface area contributed by atoms with Crippen molar-refractivity contribution in [3.05, 3.63) is 212 Å². The molecule has 8 atom stereocenters. The molecule has 0 aromatic heterocycles. The Labute approximate surface area is 388 Å². The van der Waals surface area contributed by atoms with Crippen LogP contribution in [0.25, 0.3) is 0 Å². The number of hydrogen-bond donors (Lipinski definition) is 10. The lowest BCUT2D eigenvalue weighted by molar-refractivity contribution is 0.221. The number of rotatable bonds is 6. The summed E-state index contributed by atoms with van der Waals surface area (Å²) < 4.78 is 13.8. The first-order chi connectivity index (χ1) is 32.8. The SMILES string of the molecule is Oc1ccc([C@@H]2c3c(O)cc4c(c3[C@@H]3c5c(O)cc6c(c5[C@H]2[C@@H]3c2ccc(O)cc2)[C@@H](c2cc(O)cc(O)c2)[C@H](c2ccc(O)cc2)O6)[C@@H](c2cc(O)cc(O)c2)[C@H](c2ccc(O)cc2)O4)cc1. The van der Waals surface area contributed by atoms with Crippen molar-refractivity contribution in [3.63, 3.8) is 0 Å². The van der Waals surface area contributed by atoms with E-state index in [2.05, 4.69) is 0 Å². The summed E-state index contributed by atoms with van der Waals surface area (Å²) in [6, 6.07) is 38.6. The molecule has 0 unspecified atom stereocenters. The Bertz CT molecular complexity index is 3290. The third-order valence-electron chi connectivity index (χ3n) is 14.4. The first kappa shape index (κ1) is 40.8. The van der Waals surface area contributed by atoms with Gasteiger partial charge in [0.05, 0.1) is 11.8 Å². The van der Waals surface area contributed by atoms with Crippen LogP contribution in [0.2, 0.25) is 0 Å². The molecule has 8 aromatic carbocycles. The smallest absolute Gasteiger partial charge is 0.135 e. The van der Waals surface area contributed by atoms with Gasteiger partial charge in [0.15, 0.2) is 0 Å². The van der Waals surface area contributed by atoms with Gasteiger partial charge in [-0.3, -0.25) is 0 Å². The van der Waals surface area contributed by atoms with Gasteiger partial charge >= 0.3 is 0 Å². The maximum absolute atomic E-state index is 12.8. The summed E-state index contributed by atoms with van der Waals surface area (Å²) in [4.78, 5) is 0. The molecular weight excluding hydrogens is 865 g/mol. The fourth-order valence-corrected chi connectivity index (χ4v) is 12.0. The van der Waals surface area contributed by atoms with Crippen LogP contribution in [0.1, 0.15) is 114 Å². The van der Waals surface area contributed by atoms with Gasteiger partial charge in [0, 0.05) is 70.2 Å². The minimum absolute atomic E-state index is 0.0177. The van der Waals surface area contributed by atoms with Crippen molar-refractivity contribution in [1.82, 2.24) is 0 Å². The molecule has 12 heteroatoms. The largest absolute Gasteiger partial charge is 0.508 e. The number of phenolic OH excluding ortho intramolecular Hbond substituents is 10. The average Bonchev–Trinajstić information content (AvgIpc) is 3.95. The van der Waals surface area contributed by atoms with Crippen LogP contribution in [0.4, 0.5) is 0 Å². The molecule has 12 nitrogen and oxygen atoms in total. The third-order valence-corrected chi connectivity index (χ3v) is 14.4. The topological polar surface area (TPSA) is 221 Å². The van der Waals surface area contributed by atoms with Gasteiger partial charge in [0.2, 0.25) is 0 Å². The van der Waals surface area contributed by atoms with Gasteiger partial charge in [0.25, 0.3) is 0 Å². The number of fused-ring (bicyclic) bond motifs is 11. The summed E-state index contributed by atoms with van der Waals surface area (Å²) in [6.07, 6.45) is -1.61. The molecule has 0 saturated heterocycles. The molecule has 10 N–H and O–H groups in total. The third kappa shape index (κ3) is 6.20. The molecule has 0 radical (unpaired) electrons. The molecule has 4 aliphatic rings. The second-order valence-corrected chi connectivity index (χ2v) is 18.2. The van der Waals surface area contributed by atoms with Gasteiger partial charge in [-0.1, -0.05) is 48.5 Å². The predicted octanol–water partition coefficient (Wildman–Crippen LogP) is 10.4. The van der Waals surface area contributed by atoms with Gasteiger partial charge in [-0.05, 0) is 117 Å². The Morgan fingerprint density at radius 2 is 0.603 bits per heavy atom. The molecule has 0 spiro atoms. The lowest BCUT2D eigenvalue weighted by Crippen LogP contribution is -2.28. The Morgan fingerprint density at radius 1 is 0.250 bits per heavy atom. The number of phenols is 10. The van der Waals surface area contributed by atoms with Gasteiger partial charge < -0.3 is 60.5 Å². The zero-order chi connectivity index (χ0) is 46.9. The zero-order valence-corrected chi connectivity index (χ0v) is 35.8. The first-order valence-electron chi connectivity index (χ1n) is 22.2. The molecule has 2 bridgehead atoms. The van der Waals surface area contributed by atoms with Crippen molar-refractivity contribution < 1.29 is 60.5 Å². The Balaban J connectivity index is 1.21. The molecule has 0 fully saturated rings. The fourth-order valence-electron chi connectivity index (χ4n) is 12.0. The standard InChI is InChI=1S/C56H42O12/c57-31-9-1-25(2-10-31)43-47-39(65)23-41-49(45(29-17-35(61)21-36(62)18-29)55(67-41)27-5-13-33(59)14-6-27)53(47)52-44(26-3-11-32(58)12-4-26)51(43)54-48(52)40(66)24-42-50(54)46(30-19-37(63)22-38(64)20-30)56(68-42)28-7-15-34(60)16-8-28/h1-24,43-46,51-52,55-66H/t43-,44+,45-,46-,51-,52+,55+,56+/m1/s1. The second kappa shape index (κ2) is 14.9. The molecule has 0 saturated carbocycles. The summed E-state index contributed by atoms with van der Waals surface area (Å²) in [6.45, 7) is 0. The van der Waals surface area contributed by atoms with Crippen LogP contribution in [0.15, 0.2) is 146 Å². The highest BCUT2D eigenvalue weighted by molar-refractivity contribution is 5.76. The van der Waals surface area contributed by atoms with Gasteiger partial charge in [-0.25, -0.2) is 0 Å². The second-order valence-electron chi connectivity index (χ2n) is 18.2. The van der Waals surface area contributed by atoms with E-state index in [0.717, 1.165) is 5.56 Å². The molecule has 2 heterocycles. The van der Waals surface area contributed by atoms with Crippen LogP contribution >= 0.6 is 0 Å². The highest BCUT2D eigenvalue weighted by atomic mass is 16.5. The van der Waals surface area contributed by atoms with Crippen molar-refractivity contribution in [2.45, 2.75) is 47.7 Å². The summed E-state index contributed by atoms with van der Waals surface area (Å²) >= 11 is 0. The Kier molecular flexibility index (Phi) is 8.97. The van der Waals surface area contributed by atoms with E-state index in [9.17, 15) is 51.1 Å². The zero-order valence-electron chi connectivity index (χ0n) is 35.8. The molecular formula is C56H42O12. The van der Waals surface area contributed by atoms with E-state index in [1.54, 1.807) is 121 Å². The number of aromatic hydroxyl groups is 10. The van der Waals surface area contributed by atoms with Gasteiger partial charge in [-0.15, -0.1) is 0 Å². The van der Waals surface area contributed by atoms with Gasteiger partial charge in [0.1, 0.15) is 81.2 Å². The fraction of sp³-hybridized carbons (Fsp3) is 0.143. The van der Waals surface area contributed by atoms with E-state index in [1.165, 1.54) is 12.1 Å². The van der Waals surface area contributed by atoms with Crippen molar-refractivity contribution >= 4 is 0 Å². The molecule has 0 amide bonds. The summed E-state index contributed by atoms with van der Waals surface area (Å²) in [7, 11) is 0. The molecule has 2 aliphatic carbocycles. The van der Waals surface area contributed by atoms with Gasteiger partial charge in [-0.2, -0.15) is 0 Å². The number of hydrogen-bond acceptors (Lipinski definition) is 12. The normalized spacial score (nSPS) is 22.6. The number of ether oxygens (including phenoxy) is 2. The van der Waals surface area contributed by atoms with Crippen LogP contribution in [0.5, 0.6) is 69.0 Å². The maximum Gasteiger partial charge on any atom is 0.135 e. The highest BCUT2D eigenvalue weighted by Crippen LogP contribution is 2.74. The lowest BCUT2D eigenvalue weighted by Gasteiger charge is -2.41. The minimum Gasteiger partial charge on any atom is -0.508 e. The van der Waals surface area contributed by atoms with Crippen LogP contribution < -0.4 is 9.47 Å². The molecule has 12 rings (SSSR count). The minimum atomic E-state index is -0.813. The summed E-state index contributed by atoms with van der Waals surface area (Å²) in [5, 5.41) is 112.